The van der Waals surface area contributed by atoms with Gasteiger partial charge in [-0.3, -0.25) is 0 Å². The van der Waals surface area contributed by atoms with E-state index in [2.05, 4.69) is 0 Å². The SMILES string of the molecule is NCc1c(OCc2ccccc2)ccc2c1C(Sc1ccccc1)CS2(=O)=O. The third-order valence-electron chi connectivity index (χ3n) is 4.76. The Bertz CT molecular complexity index is 1070. The summed E-state index contributed by atoms with van der Waals surface area (Å²) in [7, 11) is -3.32. The molecular weight excluding hydrogens is 390 g/mol. The molecule has 0 bridgehead atoms. The lowest BCUT2D eigenvalue weighted by Gasteiger charge is -2.17. The summed E-state index contributed by atoms with van der Waals surface area (Å²) in [6.45, 7) is 0.643. The molecule has 1 heterocycles. The van der Waals surface area contributed by atoms with Gasteiger partial charge in [0.1, 0.15) is 12.4 Å². The summed E-state index contributed by atoms with van der Waals surface area (Å²) in [6, 6.07) is 23.1. The van der Waals surface area contributed by atoms with Crippen LogP contribution in [0.15, 0.2) is 82.6 Å². The van der Waals surface area contributed by atoms with Crippen LogP contribution in [-0.2, 0) is 23.0 Å². The van der Waals surface area contributed by atoms with E-state index in [9.17, 15) is 8.42 Å². The number of nitrogens with two attached hydrogens (primary N) is 1. The number of sulfone groups is 1. The Hall–Kier alpha value is -2.28. The van der Waals surface area contributed by atoms with Crippen molar-refractivity contribution in [1.29, 1.82) is 0 Å². The third-order valence-corrected chi connectivity index (χ3v) is 8.01. The zero-order valence-electron chi connectivity index (χ0n) is 15.2. The molecule has 0 aromatic heterocycles. The van der Waals surface area contributed by atoms with Gasteiger partial charge in [0.15, 0.2) is 9.84 Å². The zero-order chi connectivity index (χ0) is 19.6. The van der Waals surface area contributed by atoms with Gasteiger partial charge in [0.25, 0.3) is 0 Å². The van der Waals surface area contributed by atoms with Gasteiger partial charge < -0.3 is 10.5 Å². The molecule has 4 nitrogen and oxygen atoms in total. The van der Waals surface area contributed by atoms with Crippen LogP contribution in [0.2, 0.25) is 0 Å². The monoisotopic (exact) mass is 411 g/mol. The van der Waals surface area contributed by atoms with E-state index >= 15 is 0 Å². The highest BCUT2D eigenvalue weighted by atomic mass is 32.2. The molecule has 3 aromatic rings. The maximum absolute atomic E-state index is 12.7. The zero-order valence-corrected chi connectivity index (χ0v) is 16.9. The number of fused-ring (bicyclic) bond motifs is 1. The average molecular weight is 412 g/mol. The minimum Gasteiger partial charge on any atom is -0.489 e. The Morgan fingerprint density at radius 2 is 1.64 bits per heavy atom. The largest absolute Gasteiger partial charge is 0.489 e. The van der Waals surface area contributed by atoms with Crippen LogP contribution in [0, 0.1) is 0 Å². The lowest BCUT2D eigenvalue weighted by Crippen LogP contribution is -2.08. The molecule has 0 aliphatic carbocycles. The highest BCUT2D eigenvalue weighted by Crippen LogP contribution is 2.48. The molecule has 1 atom stereocenters. The van der Waals surface area contributed by atoms with Crippen LogP contribution in [-0.4, -0.2) is 14.2 Å². The second kappa shape index (κ2) is 7.99. The van der Waals surface area contributed by atoms with Crippen molar-refractivity contribution in [3.8, 4) is 5.75 Å². The fourth-order valence-corrected chi connectivity index (χ4v) is 6.99. The molecule has 2 N–H and O–H groups in total. The molecule has 1 unspecified atom stereocenters. The van der Waals surface area contributed by atoms with E-state index in [0.717, 1.165) is 21.6 Å². The Morgan fingerprint density at radius 1 is 0.964 bits per heavy atom. The first kappa shape index (κ1) is 19.1. The van der Waals surface area contributed by atoms with Crippen LogP contribution in [0.25, 0.3) is 0 Å². The van der Waals surface area contributed by atoms with Crippen molar-refractivity contribution >= 4 is 21.6 Å². The van der Waals surface area contributed by atoms with Crippen molar-refractivity contribution in [2.45, 2.75) is 28.2 Å². The predicted molar refractivity (Wildman–Crippen MR) is 112 cm³/mol. The van der Waals surface area contributed by atoms with Crippen molar-refractivity contribution in [2.75, 3.05) is 5.75 Å². The van der Waals surface area contributed by atoms with Gasteiger partial charge in [0.2, 0.25) is 0 Å². The van der Waals surface area contributed by atoms with Gasteiger partial charge in [0.05, 0.1) is 15.9 Å². The minimum atomic E-state index is -3.32. The number of ether oxygens (including phenoxy) is 1. The molecule has 4 rings (SSSR count). The Kier molecular flexibility index (Phi) is 5.44. The van der Waals surface area contributed by atoms with Crippen LogP contribution in [0.1, 0.15) is 21.9 Å². The van der Waals surface area contributed by atoms with E-state index in [-0.39, 0.29) is 17.5 Å². The topological polar surface area (TPSA) is 69.4 Å². The van der Waals surface area contributed by atoms with Gasteiger partial charge in [-0.15, -0.1) is 11.8 Å². The highest BCUT2D eigenvalue weighted by molar-refractivity contribution is 8.01. The summed E-state index contributed by atoms with van der Waals surface area (Å²) < 4.78 is 31.5. The van der Waals surface area contributed by atoms with E-state index in [1.165, 1.54) is 0 Å². The molecular formula is C22H21NO3S2. The average Bonchev–Trinajstić information content (AvgIpc) is 2.97. The summed E-state index contributed by atoms with van der Waals surface area (Å²) in [5.74, 6) is 0.734. The number of hydrogen-bond donors (Lipinski definition) is 1. The van der Waals surface area contributed by atoms with Gasteiger partial charge in [-0.25, -0.2) is 8.42 Å². The fraction of sp³-hybridized carbons (Fsp3) is 0.182. The van der Waals surface area contributed by atoms with Crippen molar-refractivity contribution in [1.82, 2.24) is 0 Å². The van der Waals surface area contributed by atoms with E-state index in [4.69, 9.17) is 10.5 Å². The smallest absolute Gasteiger partial charge is 0.180 e. The second-order valence-electron chi connectivity index (χ2n) is 6.63. The number of benzene rings is 3. The molecule has 3 aromatic carbocycles. The van der Waals surface area contributed by atoms with Crippen LogP contribution < -0.4 is 10.5 Å². The maximum atomic E-state index is 12.7. The van der Waals surface area contributed by atoms with Crippen molar-refractivity contribution in [3.05, 3.63) is 89.5 Å². The van der Waals surface area contributed by atoms with E-state index in [1.807, 2.05) is 60.7 Å². The lowest BCUT2D eigenvalue weighted by atomic mass is 10.0. The molecule has 6 heteroatoms. The summed E-state index contributed by atoms with van der Waals surface area (Å²) in [4.78, 5) is 1.42. The van der Waals surface area contributed by atoms with Gasteiger partial charge in [-0.2, -0.15) is 0 Å². The fourth-order valence-electron chi connectivity index (χ4n) is 3.46. The standard InChI is InChI=1S/C22H21NO3S2/c23-13-18-19(26-14-16-7-3-1-4-8-16)11-12-21-22(18)20(15-28(21,24)25)27-17-9-5-2-6-10-17/h1-12,20H,13-15,23H2. The summed E-state index contributed by atoms with van der Waals surface area (Å²) in [5.41, 5.74) is 8.68. The molecule has 0 amide bonds. The molecule has 0 saturated heterocycles. The second-order valence-corrected chi connectivity index (χ2v) is 9.91. The molecule has 0 fully saturated rings. The van der Waals surface area contributed by atoms with E-state index < -0.39 is 9.84 Å². The van der Waals surface area contributed by atoms with Crippen molar-refractivity contribution < 1.29 is 13.2 Å². The highest BCUT2D eigenvalue weighted by Gasteiger charge is 2.38. The lowest BCUT2D eigenvalue weighted by molar-refractivity contribution is 0.302. The minimum absolute atomic E-state index is 0.0804. The van der Waals surface area contributed by atoms with Crippen molar-refractivity contribution in [2.24, 2.45) is 5.73 Å². The predicted octanol–water partition coefficient (Wildman–Crippen LogP) is 4.35. The summed E-state index contributed by atoms with van der Waals surface area (Å²) >= 11 is 1.56. The molecule has 0 radical (unpaired) electrons. The number of hydrogen-bond acceptors (Lipinski definition) is 5. The van der Waals surface area contributed by atoms with Gasteiger partial charge in [-0.1, -0.05) is 48.5 Å². The molecule has 144 valence electrons. The number of thioether (sulfide) groups is 1. The molecule has 0 saturated carbocycles. The first-order valence-corrected chi connectivity index (χ1v) is 11.6. The first-order chi connectivity index (χ1) is 13.6. The van der Waals surface area contributed by atoms with Crippen LogP contribution >= 0.6 is 11.8 Å². The summed E-state index contributed by atoms with van der Waals surface area (Å²) in [6.07, 6.45) is 0. The van der Waals surface area contributed by atoms with E-state index in [1.54, 1.807) is 23.9 Å². The quantitative estimate of drug-likeness (QED) is 0.653. The Morgan fingerprint density at radius 3 is 2.32 bits per heavy atom. The van der Waals surface area contributed by atoms with Gasteiger partial charge >= 0.3 is 0 Å². The maximum Gasteiger partial charge on any atom is 0.180 e. The molecule has 1 aliphatic rings. The number of rotatable bonds is 6. The van der Waals surface area contributed by atoms with Gasteiger partial charge in [0, 0.05) is 17.0 Å². The van der Waals surface area contributed by atoms with Gasteiger partial charge in [-0.05, 0) is 35.4 Å². The van der Waals surface area contributed by atoms with Crippen LogP contribution in [0.5, 0.6) is 5.75 Å². The van der Waals surface area contributed by atoms with E-state index in [0.29, 0.717) is 17.3 Å². The Balaban J connectivity index is 1.69. The molecule has 28 heavy (non-hydrogen) atoms. The van der Waals surface area contributed by atoms with Crippen LogP contribution in [0.4, 0.5) is 0 Å². The third kappa shape index (κ3) is 3.81. The first-order valence-electron chi connectivity index (χ1n) is 9.05. The molecule has 0 spiro atoms. The molecule has 1 aliphatic heterocycles. The van der Waals surface area contributed by atoms with Crippen LogP contribution in [0.3, 0.4) is 0 Å². The van der Waals surface area contributed by atoms with Crippen molar-refractivity contribution in [3.63, 3.8) is 0 Å². The summed E-state index contributed by atoms with van der Waals surface area (Å²) in [5, 5.41) is -0.193. The normalized spacial score (nSPS) is 17.2. The Labute approximate surface area is 169 Å².